The lowest BCUT2D eigenvalue weighted by Gasteiger charge is -2.07. The van der Waals surface area contributed by atoms with Crippen LogP contribution in [0.3, 0.4) is 0 Å². The number of ether oxygens (including phenoxy) is 2. The summed E-state index contributed by atoms with van der Waals surface area (Å²) in [6, 6.07) is 14.8. The van der Waals surface area contributed by atoms with Crippen molar-refractivity contribution in [2.45, 2.75) is 6.92 Å². The van der Waals surface area contributed by atoms with E-state index in [1.807, 2.05) is 43.3 Å². The van der Waals surface area contributed by atoms with Gasteiger partial charge in [-0.15, -0.1) is 0 Å². The van der Waals surface area contributed by atoms with Crippen LogP contribution in [0.25, 0.3) is 6.08 Å². The number of methoxy groups -OCH3 is 1. The minimum absolute atomic E-state index is 0.210. The maximum absolute atomic E-state index is 11.9. The summed E-state index contributed by atoms with van der Waals surface area (Å²) in [5, 5.41) is 2.79. The third-order valence-electron chi connectivity index (χ3n) is 2.98. The molecule has 0 unspecified atom stereocenters. The highest BCUT2D eigenvalue weighted by atomic mass is 16.5. The minimum Gasteiger partial charge on any atom is -0.495 e. The summed E-state index contributed by atoms with van der Waals surface area (Å²) in [5.74, 6) is 1.24. The smallest absolute Gasteiger partial charge is 0.248 e. The molecule has 114 valence electrons. The third kappa shape index (κ3) is 4.38. The fourth-order valence-corrected chi connectivity index (χ4v) is 1.94. The molecule has 0 bridgehead atoms. The van der Waals surface area contributed by atoms with Crippen LogP contribution in [0, 0.1) is 0 Å². The van der Waals surface area contributed by atoms with Crippen molar-refractivity contribution in [2.75, 3.05) is 19.0 Å². The van der Waals surface area contributed by atoms with Gasteiger partial charge in [0.25, 0.3) is 0 Å². The van der Waals surface area contributed by atoms with E-state index >= 15 is 0 Å². The van der Waals surface area contributed by atoms with Gasteiger partial charge in [0.1, 0.15) is 11.5 Å². The molecule has 1 amide bonds. The summed E-state index contributed by atoms with van der Waals surface area (Å²) in [6.45, 7) is 2.58. The standard InChI is InChI=1S/C18H19NO3/c1-3-22-15-11-8-14(9-12-15)10-13-18(20)19-16-6-4-5-7-17(16)21-2/h4-13H,3H2,1-2H3,(H,19,20). The van der Waals surface area contributed by atoms with E-state index in [1.165, 1.54) is 6.08 Å². The molecule has 0 radical (unpaired) electrons. The Morgan fingerprint density at radius 2 is 1.86 bits per heavy atom. The van der Waals surface area contributed by atoms with Gasteiger partial charge < -0.3 is 14.8 Å². The van der Waals surface area contributed by atoms with Gasteiger partial charge in [0.15, 0.2) is 0 Å². The van der Waals surface area contributed by atoms with Gasteiger partial charge in [-0.1, -0.05) is 24.3 Å². The van der Waals surface area contributed by atoms with Crippen molar-refractivity contribution in [3.63, 3.8) is 0 Å². The number of anilines is 1. The third-order valence-corrected chi connectivity index (χ3v) is 2.98. The fraction of sp³-hybridized carbons (Fsp3) is 0.167. The van der Waals surface area contributed by atoms with E-state index in [0.717, 1.165) is 11.3 Å². The number of carbonyl (C=O) groups excluding carboxylic acids is 1. The number of amides is 1. The Morgan fingerprint density at radius 3 is 2.55 bits per heavy atom. The molecule has 0 fully saturated rings. The first-order valence-electron chi connectivity index (χ1n) is 7.08. The predicted octanol–water partition coefficient (Wildman–Crippen LogP) is 3.75. The Bertz CT molecular complexity index is 648. The summed E-state index contributed by atoms with van der Waals surface area (Å²) in [4.78, 5) is 11.9. The molecule has 0 aliphatic rings. The predicted molar refractivity (Wildman–Crippen MR) is 88.3 cm³/mol. The topological polar surface area (TPSA) is 47.6 Å². The average molecular weight is 297 g/mol. The molecule has 0 atom stereocenters. The van der Waals surface area contributed by atoms with E-state index in [4.69, 9.17) is 9.47 Å². The summed E-state index contributed by atoms with van der Waals surface area (Å²) in [5.41, 5.74) is 1.57. The van der Waals surface area contributed by atoms with E-state index in [1.54, 1.807) is 25.3 Å². The molecular formula is C18H19NO3. The van der Waals surface area contributed by atoms with Gasteiger partial charge in [-0.05, 0) is 42.8 Å². The lowest BCUT2D eigenvalue weighted by molar-refractivity contribution is -0.111. The molecule has 4 heteroatoms. The molecule has 0 aromatic heterocycles. The lowest BCUT2D eigenvalue weighted by atomic mass is 10.2. The normalized spacial score (nSPS) is 10.5. The van der Waals surface area contributed by atoms with E-state index < -0.39 is 0 Å². The van der Waals surface area contributed by atoms with Gasteiger partial charge in [0.05, 0.1) is 19.4 Å². The van der Waals surface area contributed by atoms with Crippen molar-refractivity contribution < 1.29 is 14.3 Å². The monoisotopic (exact) mass is 297 g/mol. The summed E-state index contributed by atoms with van der Waals surface area (Å²) in [6.07, 6.45) is 3.24. The van der Waals surface area contributed by atoms with Crippen molar-refractivity contribution >= 4 is 17.7 Å². The Balaban J connectivity index is 1.99. The molecule has 0 spiro atoms. The van der Waals surface area contributed by atoms with Gasteiger partial charge in [-0.2, -0.15) is 0 Å². The van der Waals surface area contributed by atoms with Crippen LogP contribution in [0.5, 0.6) is 11.5 Å². The van der Waals surface area contributed by atoms with Crippen LogP contribution in [-0.4, -0.2) is 19.6 Å². The van der Waals surface area contributed by atoms with Crippen LogP contribution in [0.4, 0.5) is 5.69 Å². The number of hydrogen-bond donors (Lipinski definition) is 1. The van der Waals surface area contributed by atoms with Crippen LogP contribution in [0.1, 0.15) is 12.5 Å². The van der Waals surface area contributed by atoms with E-state index in [0.29, 0.717) is 18.0 Å². The molecule has 0 heterocycles. The highest BCUT2D eigenvalue weighted by molar-refractivity contribution is 6.02. The Morgan fingerprint density at radius 1 is 1.14 bits per heavy atom. The number of carbonyl (C=O) groups is 1. The van der Waals surface area contributed by atoms with Crippen LogP contribution in [0.15, 0.2) is 54.6 Å². The maximum atomic E-state index is 11.9. The second-order valence-electron chi connectivity index (χ2n) is 4.52. The quantitative estimate of drug-likeness (QED) is 0.826. The van der Waals surface area contributed by atoms with Crippen molar-refractivity contribution in [3.8, 4) is 11.5 Å². The Hall–Kier alpha value is -2.75. The molecule has 1 N–H and O–H groups in total. The average Bonchev–Trinajstić information content (AvgIpc) is 2.55. The molecule has 4 nitrogen and oxygen atoms in total. The van der Waals surface area contributed by atoms with Gasteiger partial charge >= 0.3 is 0 Å². The van der Waals surface area contributed by atoms with E-state index in [9.17, 15) is 4.79 Å². The number of hydrogen-bond acceptors (Lipinski definition) is 3. The van der Waals surface area contributed by atoms with Crippen molar-refractivity contribution in [2.24, 2.45) is 0 Å². The zero-order valence-corrected chi connectivity index (χ0v) is 12.7. The molecule has 0 aliphatic heterocycles. The maximum Gasteiger partial charge on any atom is 0.248 e. The number of benzene rings is 2. The zero-order chi connectivity index (χ0) is 15.8. The molecule has 2 rings (SSSR count). The van der Waals surface area contributed by atoms with Crippen molar-refractivity contribution in [1.82, 2.24) is 0 Å². The Labute approximate surface area is 130 Å². The fourth-order valence-electron chi connectivity index (χ4n) is 1.94. The first-order chi connectivity index (χ1) is 10.7. The zero-order valence-electron chi connectivity index (χ0n) is 12.7. The summed E-state index contributed by atoms with van der Waals surface area (Å²) < 4.78 is 10.6. The van der Waals surface area contributed by atoms with Gasteiger partial charge in [0, 0.05) is 6.08 Å². The molecule has 2 aromatic rings. The second-order valence-corrected chi connectivity index (χ2v) is 4.52. The molecule has 0 aliphatic carbocycles. The number of para-hydroxylation sites is 2. The second kappa shape index (κ2) is 7.88. The first-order valence-corrected chi connectivity index (χ1v) is 7.08. The SMILES string of the molecule is CCOc1ccc(C=CC(=O)Nc2ccccc2OC)cc1. The summed E-state index contributed by atoms with van der Waals surface area (Å²) in [7, 11) is 1.57. The van der Waals surface area contributed by atoms with Crippen LogP contribution in [-0.2, 0) is 4.79 Å². The van der Waals surface area contributed by atoms with Crippen LogP contribution in [0.2, 0.25) is 0 Å². The summed E-state index contributed by atoms with van der Waals surface area (Å²) >= 11 is 0. The van der Waals surface area contributed by atoms with Gasteiger partial charge in [0.2, 0.25) is 5.91 Å². The van der Waals surface area contributed by atoms with Gasteiger partial charge in [-0.25, -0.2) is 0 Å². The molecular weight excluding hydrogens is 278 g/mol. The molecule has 22 heavy (non-hydrogen) atoms. The Kier molecular flexibility index (Phi) is 5.60. The first kappa shape index (κ1) is 15.6. The lowest BCUT2D eigenvalue weighted by Crippen LogP contribution is -2.08. The highest BCUT2D eigenvalue weighted by Gasteiger charge is 2.03. The van der Waals surface area contributed by atoms with Crippen LogP contribution >= 0.6 is 0 Å². The number of nitrogens with one attached hydrogen (secondary N) is 1. The minimum atomic E-state index is -0.210. The van der Waals surface area contributed by atoms with Gasteiger partial charge in [-0.3, -0.25) is 4.79 Å². The highest BCUT2D eigenvalue weighted by Crippen LogP contribution is 2.23. The molecule has 0 saturated carbocycles. The molecule has 0 saturated heterocycles. The van der Waals surface area contributed by atoms with Crippen molar-refractivity contribution in [3.05, 3.63) is 60.2 Å². The van der Waals surface area contributed by atoms with E-state index in [-0.39, 0.29) is 5.91 Å². The largest absolute Gasteiger partial charge is 0.495 e. The van der Waals surface area contributed by atoms with E-state index in [2.05, 4.69) is 5.32 Å². The van der Waals surface area contributed by atoms with Crippen LogP contribution < -0.4 is 14.8 Å². The van der Waals surface area contributed by atoms with Crippen molar-refractivity contribution in [1.29, 1.82) is 0 Å². The number of rotatable bonds is 6. The molecule has 2 aromatic carbocycles.